The number of methoxy groups -OCH3 is 1. The monoisotopic (exact) mass is 333 g/mol. The molecule has 2 bridgehead atoms. The maximum atomic E-state index is 12.4. The summed E-state index contributed by atoms with van der Waals surface area (Å²) in [5, 5.41) is 11.0. The Morgan fingerprint density at radius 1 is 1.38 bits per heavy atom. The van der Waals surface area contributed by atoms with Crippen LogP contribution in [0.4, 0.5) is 0 Å². The van der Waals surface area contributed by atoms with Gasteiger partial charge in [0.25, 0.3) is 0 Å². The largest absolute Gasteiger partial charge is 0.464 e. The summed E-state index contributed by atoms with van der Waals surface area (Å²) in [6, 6.07) is 0.775. The number of rotatable bonds is 5. The molecule has 3 saturated heterocycles. The van der Waals surface area contributed by atoms with Crippen molar-refractivity contribution in [2.45, 2.75) is 44.3 Å². The molecule has 8 heteroatoms. The molecule has 4 unspecified atom stereocenters. The SMILES string of the molecule is COC(=O)c1cn(CC2CC3CCN2CC3C(=O)NC2CC2)nn1. The van der Waals surface area contributed by atoms with Gasteiger partial charge in [0.05, 0.1) is 25.8 Å². The molecule has 5 rings (SSSR count). The lowest BCUT2D eigenvalue weighted by molar-refractivity contribution is -0.133. The first-order valence-electron chi connectivity index (χ1n) is 8.67. The van der Waals surface area contributed by atoms with Crippen molar-refractivity contribution >= 4 is 11.9 Å². The predicted molar refractivity (Wildman–Crippen MR) is 84.1 cm³/mol. The molecule has 3 aliphatic heterocycles. The van der Waals surface area contributed by atoms with E-state index < -0.39 is 5.97 Å². The Kier molecular flexibility index (Phi) is 3.99. The van der Waals surface area contributed by atoms with Gasteiger partial charge in [-0.25, -0.2) is 4.79 Å². The topological polar surface area (TPSA) is 89.4 Å². The molecule has 130 valence electrons. The number of nitrogens with zero attached hydrogens (tertiary/aromatic N) is 4. The normalized spacial score (nSPS) is 31.7. The highest BCUT2D eigenvalue weighted by Crippen LogP contribution is 2.37. The Labute approximate surface area is 140 Å². The van der Waals surface area contributed by atoms with E-state index in [0.717, 1.165) is 38.8 Å². The van der Waals surface area contributed by atoms with E-state index in [1.807, 2.05) is 0 Å². The van der Waals surface area contributed by atoms with E-state index in [1.54, 1.807) is 10.9 Å². The highest BCUT2D eigenvalue weighted by atomic mass is 16.5. The number of esters is 1. The van der Waals surface area contributed by atoms with E-state index in [-0.39, 0.29) is 17.5 Å². The fraction of sp³-hybridized carbons (Fsp3) is 0.750. The zero-order chi connectivity index (χ0) is 16.7. The molecule has 1 aliphatic carbocycles. The highest BCUT2D eigenvalue weighted by molar-refractivity contribution is 5.86. The minimum atomic E-state index is -0.469. The van der Waals surface area contributed by atoms with Crippen molar-refractivity contribution in [2.24, 2.45) is 11.8 Å². The molecule has 0 aromatic carbocycles. The Morgan fingerprint density at radius 2 is 2.21 bits per heavy atom. The molecule has 8 nitrogen and oxygen atoms in total. The Hall–Kier alpha value is -1.96. The van der Waals surface area contributed by atoms with E-state index in [4.69, 9.17) is 0 Å². The summed E-state index contributed by atoms with van der Waals surface area (Å²) in [6.45, 7) is 2.55. The molecular formula is C16H23N5O3. The number of hydrogen-bond acceptors (Lipinski definition) is 6. The van der Waals surface area contributed by atoms with Crippen LogP contribution < -0.4 is 5.32 Å². The molecule has 24 heavy (non-hydrogen) atoms. The summed E-state index contributed by atoms with van der Waals surface area (Å²) in [6.07, 6.45) is 5.97. The number of nitrogens with one attached hydrogen (secondary N) is 1. The van der Waals surface area contributed by atoms with Gasteiger partial charge in [-0.2, -0.15) is 0 Å². The summed E-state index contributed by atoms with van der Waals surface area (Å²) in [7, 11) is 1.33. The molecule has 4 heterocycles. The van der Waals surface area contributed by atoms with Crippen LogP contribution in [0, 0.1) is 11.8 Å². The van der Waals surface area contributed by atoms with E-state index in [1.165, 1.54) is 7.11 Å². The zero-order valence-electron chi connectivity index (χ0n) is 13.9. The zero-order valence-corrected chi connectivity index (χ0v) is 13.9. The smallest absolute Gasteiger partial charge is 0.360 e. The van der Waals surface area contributed by atoms with Crippen molar-refractivity contribution in [2.75, 3.05) is 20.2 Å². The van der Waals surface area contributed by atoms with Crippen molar-refractivity contribution in [1.82, 2.24) is 25.2 Å². The molecule has 4 aliphatic rings. The Balaban J connectivity index is 1.37. The average molecular weight is 333 g/mol. The lowest BCUT2D eigenvalue weighted by Crippen LogP contribution is -2.58. The number of hydrogen-bond donors (Lipinski definition) is 1. The van der Waals surface area contributed by atoms with E-state index in [0.29, 0.717) is 24.5 Å². The van der Waals surface area contributed by atoms with Crippen LogP contribution in [0.2, 0.25) is 0 Å². The summed E-state index contributed by atoms with van der Waals surface area (Å²) in [4.78, 5) is 26.2. The van der Waals surface area contributed by atoms with Gasteiger partial charge in [-0.05, 0) is 38.1 Å². The van der Waals surface area contributed by atoms with Crippen LogP contribution in [0.1, 0.15) is 36.2 Å². The quantitative estimate of drug-likeness (QED) is 0.766. The van der Waals surface area contributed by atoms with Crippen LogP contribution >= 0.6 is 0 Å². The molecular weight excluding hydrogens is 310 g/mol. The molecule has 0 spiro atoms. The van der Waals surface area contributed by atoms with Crippen LogP contribution in [0.25, 0.3) is 0 Å². The third kappa shape index (κ3) is 3.02. The molecule has 1 amide bonds. The maximum absolute atomic E-state index is 12.4. The minimum absolute atomic E-state index is 0.122. The Bertz CT molecular complexity index is 641. The van der Waals surface area contributed by atoms with Gasteiger partial charge in [0, 0.05) is 18.6 Å². The lowest BCUT2D eigenvalue weighted by atomic mass is 9.75. The number of fused-ring (bicyclic) bond motifs is 3. The number of ether oxygens (including phenoxy) is 1. The maximum Gasteiger partial charge on any atom is 0.360 e. The summed E-state index contributed by atoms with van der Waals surface area (Å²) in [5.41, 5.74) is 0.232. The van der Waals surface area contributed by atoms with Gasteiger partial charge < -0.3 is 10.1 Å². The van der Waals surface area contributed by atoms with Gasteiger partial charge >= 0.3 is 5.97 Å². The van der Waals surface area contributed by atoms with Gasteiger partial charge in [-0.3, -0.25) is 14.4 Å². The van der Waals surface area contributed by atoms with Crippen LogP contribution in [-0.2, 0) is 16.1 Å². The van der Waals surface area contributed by atoms with Crippen LogP contribution in [-0.4, -0.2) is 64.1 Å². The number of carbonyl (C=O) groups excluding carboxylic acids is 2. The molecule has 1 aromatic rings. The molecule has 4 fully saturated rings. The van der Waals surface area contributed by atoms with Gasteiger partial charge in [0.2, 0.25) is 5.91 Å². The van der Waals surface area contributed by atoms with Gasteiger partial charge in [-0.15, -0.1) is 5.10 Å². The summed E-state index contributed by atoms with van der Waals surface area (Å²) in [5.74, 6) is 0.335. The third-order valence-corrected chi connectivity index (χ3v) is 5.47. The number of amides is 1. The van der Waals surface area contributed by atoms with Crippen molar-refractivity contribution in [3.8, 4) is 0 Å². The molecule has 1 saturated carbocycles. The first-order chi connectivity index (χ1) is 11.6. The summed E-state index contributed by atoms with van der Waals surface area (Å²) < 4.78 is 6.36. The second-order valence-corrected chi connectivity index (χ2v) is 7.14. The lowest BCUT2D eigenvalue weighted by Gasteiger charge is -2.49. The van der Waals surface area contributed by atoms with Crippen molar-refractivity contribution in [3.05, 3.63) is 11.9 Å². The number of aromatic nitrogens is 3. The standard InChI is InChI=1S/C16H23N5O3/c1-24-16(23)14-9-21(19-18-14)7-12-6-10-4-5-20(12)8-13(10)15(22)17-11-2-3-11/h9-13H,2-8H2,1H3,(H,17,22). The molecule has 4 atom stereocenters. The van der Waals surface area contributed by atoms with E-state index in [2.05, 4.69) is 25.3 Å². The first-order valence-corrected chi connectivity index (χ1v) is 8.67. The second kappa shape index (κ2) is 6.16. The average Bonchev–Trinajstić information content (AvgIpc) is 3.30. The van der Waals surface area contributed by atoms with Crippen molar-refractivity contribution in [3.63, 3.8) is 0 Å². The van der Waals surface area contributed by atoms with Crippen molar-refractivity contribution in [1.29, 1.82) is 0 Å². The third-order valence-electron chi connectivity index (χ3n) is 5.47. The van der Waals surface area contributed by atoms with E-state index in [9.17, 15) is 9.59 Å². The number of carbonyl (C=O) groups is 2. The summed E-state index contributed by atoms with van der Waals surface area (Å²) >= 11 is 0. The van der Waals surface area contributed by atoms with Crippen molar-refractivity contribution < 1.29 is 14.3 Å². The molecule has 0 radical (unpaired) electrons. The first kappa shape index (κ1) is 15.6. The highest BCUT2D eigenvalue weighted by Gasteiger charge is 2.44. The second-order valence-electron chi connectivity index (χ2n) is 7.14. The van der Waals surface area contributed by atoms with Gasteiger partial charge in [-0.1, -0.05) is 5.21 Å². The van der Waals surface area contributed by atoms with Crippen LogP contribution in [0.15, 0.2) is 6.20 Å². The number of piperidine rings is 3. The Morgan fingerprint density at radius 3 is 2.88 bits per heavy atom. The minimum Gasteiger partial charge on any atom is -0.464 e. The fourth-order valence-corrected chi connectivity index (χ4v) is 3.96. The van der Waals surface area contributed by atoms with E-state index >= 15 is 0 Å². The fourth-order valence-electron chi connectivity index (χ4n) is 3.96. The molecule has 1 N–H and O–H groups in total. The van der Waals surface area contributed by atoms with Crippen LogP contribution in [0.3, 0.4) is 0 Å². The molecule has 1 aromatic heterocycles. The van der Waals surface area contributed by atoms with Gasteiger partial charge in [0.1, 0.15) is 0 Å². The predicted octanol–water partition coefficient (Wildman–Crippen LogP) is 0.0537. The van der Waals surface area contributed by atoms with Crippen LogP contribution in [0.5, 0.6) is 0 Å². The van der Waals surface area contributed by atoms with Gasteiger partial charge in [0.15, 0.2) is 5.69 Å².